The number of nitrogens with two attached hydrogens (primary N) is 2. The van der Waals surface area contributed by atoms with Gasteiger partial charge >= 0.3 is 0 Å². The highest BCUT2D eigenvalue weighted by Gasteiger charge is 2.16. The van der Waals surface area contributed by atoms with Gasteiger partial charge in [0.25, 0.3) is 23.6 Å². The molecule has 0 heterocycles. The van der Waals surface area contributed by atoms with Crippen molar-refractivity contribution in [3.63, 3.8) is 0 Å². The highest BCUT2D eigenvalue weighted by Crippen LogP contribution is 2.34. The standard InChI is InChI=1S/C40H32N6O5/c41-29-7-5-9-31(23-29)43-37(47)25-15-19-27(20-16-25)39(49)45-33-11-1-3-13-35(33)51-36-14-4-2-12-34(36)46-40(50)28-21-17-26(18-22-28)38(48)44-32-10-6-8-30(42)24-32/h1-24H,41-42H2,(H,43,47)(H,44,48)(H,45,49)(H,46,50). The van der Waals surface area contributed by atoms with Crippen molar-refractivity contribution in [2.24, 2.45) is 0 Å². The Hall–Kier alpha value is -7.40. The molecule has 0 aliphatic rings. The molecule has 4 amide bonds. The van der Waals surface area contributed by atoms with Gasteiger partial charge in [-0.05, 0) is 109 Å². The first-order chi connectivity index (χ1) is 24.7. The Labute approximate surface area is 293 Å². The average Bonchev–Trinajstić information content (AvgIpc) is 3.13. The van der Waals surface area contributed by atoms with E-state index >= 15 is 0 Å². The number of nitrogen functional groups attached to an aromatic ring is 2. The van der Waals surface area contributed by atoms with E-state index in [-0.39, 0.29) is 11.8 Å². The van der Waals surface area contributed by atoms with E-state index in [9.17, 15) is 19.2 Å². The van der Waals surface area contributed by atoms with Crippen molar-refractivity contribution in [2.75, 3.05) is 32.7 Å². The number of anilines is 6. The number of nitrogens with one attached hydrogen (secondary N) is 4. The lowest BCUT2D eigenvalue weighted by atomic mass is 10.1. The third-order valence-electron chi connectivity index (χ3n) is 7.60. The van der Waals surface area contributed by atoms with Crippen LogP contribution in [0.2, 0.25) is 0 Å². The van der Waals surface area contributed by atoms with E-state index in [1.807, 2.05) is 0 Å². The Morgan fingerprint density at radius 3 is 1.08 bits per heavy atom. The largest absolute Gasteiger partial charge is 0.453 e. The Morgan fingerprint density at radius 1 is 0.392 bits per heavy atom. The smallest absolute Gasteiger partial charge is 0.255 e. The van der Waals surface area contributed by atoms with Crippen molar-refractivity contribution in [3.05, 3.63) is 168 Å². The van der Waals surface area contributed by atoms with Crippen LogP contribution in [0.15, 0.2) is 146 Å². The maximum Gasteiger partial charge on any atom is 0.255 e. The fourth-order valence-electron chi connectivity index (χ4n) is 5.01. The fourth-order valence-corrected chi connectivity index (χ4v) is 5.01. The lowest BCUT2D eigenvalue weighted by Crippen LogP contribution is -2.15. The van der Waals surface area contributed by atoms with Crippen LogP contribution >= 0.6 is 0 Å². The number of ether oxygens (including phenoxy) is 1. The molecule has 11 heteroatoms. The molecule has 0 atom stereocenters. The van der Waals surface area contributed by atoms with Crippen molar-refractivity contribution in [2.45, 2.75) is 0 Å². The first-order valence-electron chi connectivity index (χ1n) is 15.7. The second-order valence-electron chi connectivity index (χ2n) is 11.3. The van der Waals surface area contributed by atoms with Gasteiger partial charge in [0, 0.05) is 45.0 Å². The lowest BCUT2D eigenvalue weighted by Gasteiger charge is -2.15. The van der Waals surface area contributed by atoms with Gasteiger partial charge in [-0.15, -0.1) is 0 Å². The summed E-state index contributed by atoms with van der Waals surface area (Å²) in [6, 6.07) is 39.9. The van der Waals surface area contributed by atoms with Crippen LogP contribution in [0.1, 0.15) is 41.4 Å². The van der Waals surface area contributed by atoms with E-state index in [0.29, 0.717) is 67.9 Å². The number of benzene rings is 6. The number of carbonyl (C=O) groups excluding carboxylic acids is 4. The van der Waals surface area contributed by atoms with Gasteiger partial charge in [0.15, 0.2) is 11.5 Å². The molecule has 51 heavy (non-hydrogen) atoms. The molecule has 0 spiro atoms. The van der Waals surface area contributed by atoms with Crippen LogP contribution < -0.4 is 37.5 Å². The molecular weight excluding hydrogens is 644 g/mol. The van der Waals surface area contributed by atoms with Gasteiger partial charge in [-0.3, -0.25) is 19.2 Å². The zero-order chi connectivity index (χ0) is 35.7. The molecule has 8 N–H and O–H groups in total. The summed E-state index contributed by atoms with van der Waals surface area (Å²) in [6.45, 7) is 0. The number of amides is 4. The van der Waals surface area contributed by atoms with Gasteiger partial charge in [-0.25, -0.2) is 0 Å². The third kappa shape index (κ3) is 8.55. The summed E-state index contributed by atoms with van der Waals surface area (Å²) < 4.78 is 6.19. The molecule has 0 aliphatic heterocycles. The van der Waals surface area contributed by atoms with Gasteiger partial charge < -0.3 is 37.5 Å². The normalized spacial score (nSPS) is 10.4. The summed E-state index contributed by atoms with van der Waals surface area (Å²) in [5.74, 6) is -0.846. The van der Waals surface area contributed by atoms with Gasteiger partial charge in [-0.2, -0.15) is 0 Å². The van der Waals surface area contributed by atoms with E-state index in [1.165, 1.54) is 0 Å². The minimum Gasteiger partial charge on any atom is -0.453 e. The zero-order valence-electron chi connectivity index (χ0n) is 27.1. The van der Waals surface area contributed by atoms with Gasteiger partial charge in [0.1, 0.15) is 0 Å². The highest BCUT2D eigenvalue weighted by atomic mass is 16.5. The molecule has 0 bridgehead atoms. The second-order valence-corrected chi connectivity index (χ2v) is 11.3. The van der Waals surface area contributed by atoms with Crippen molar-refractivity contribution in [1.29, 1.82) is 0 Å². The molecule has 0 aromatic heterocycles. The molecule has 11 nitrogen and oxygen atoms in total. The van der Waals surface area contributed by atoms with Crippen molar-refractivity contribution >= 4 is 57.8 Å². The SMILES string of the molecule is Nc1cccc(NC(=O)c2ccc(C(=O)Nc3ccccc3Oc3ccccc3NC(=O)c3ccc(C(=O)Nc4cccc(N)c4)cc3)cc2)c1. The summed E-state index contributed by atoms with van der Waals surface area (Å²) in [5.41, 5.74) is 15.9. The Bertz CT molecular complexity index is 2080. The Balaban J connectivity index is 1.09. The fraction of sp³-hybridized carbons (Fsp3) is 0. The van der Waals surface area contributed by atoms with E-state index in [0.717, 1.165) is 0 Å². The number of carbonyl (C=O) groups is 4. The van der Waals surface area contributed by atoms with Crippen LogP contribution in [0, 0.1) is 0 Å². The van der Waals surface area contributed by atoms with Crippen molar-refractivity contribution in [1.82, 2.24) is 0 Å². The molecule has 0 unspecified atom stereocenters. The molecule has 0 aliphatic carbocycles. The van der Waals surface area contributed by atoms with Crippen LogP contribution in [0.3, 0.4) is 0 Å². The molecule has 0 radical (unpaired) electrons. The molecule has 6 rings (SSSR count). The maximum absolute atomic E-state index is 13.2. The third-order valence-corrected chi connectivity index (χ3v) is 7.60. The minimum absolute atomic E-state index is 0.325. The topological polar surface area (TPSA) is 178 Å². The monoisotopic (exact) mass is 676 g/mol. The Kier molecular flexibility index (Phi) is 10.00. The van der Waals surface area contributed by atoms with Crippen LogP contribution in [0.5, 0.6) is 11.5 Å². The second kappa shape index (κ2) is 15.2. The number of para-hydroxylation sites is 4. The van der Waals surface area contributed by atoms with Crippen LogP contribution in [0.4, 0.5) is 34.1 Å². The van der Waals surface area contributed by atoms with Crippen LogP contribution in [0.25, 0.3) is 0 Å². The van der Waals surface area contributed by atoms with Crippen LogP contribution in [-0.4, -0.2) is 23.6 Å². The van der Waals surface area contributed by atoms with E-state index in [1.54, 1.807) is 146 Å². The van der Waals surface area contributed by atoms with E-state index in [2.05, 4.69) is 21.3 Å². The van der Waals surface area contributed by atoms with Crippen molar-refractivity contribution < 1.29 is 23.9 Å². The van der Waals surface area contributed by atoms with E-state index < -0.39 is 11.8 Å². The Morgan fingerprint density at radius 2 is 0.725 bits per heavy atom. The average molecular weight is 677 g/mol. The number of hydrogen-bond donors (Lipinski definition) is 6. The summed E-state index contributed by atoms with van der Waals surface area (Å²) in [4.78, 5) is 51.8. The first-order valence-corrected chi connectivity index (χ1v) is 15.7. The molecule has 6 aromatic carbocycles. The predicted octanol–water partition coefficient (Wildman–Crippen LogP) is 7.65. The quantitative estimate of drug-likeness (QED) is 0.0807. The summed E-state index contributed by atoms with van der Waals surface area (Å²) in [6.07, 6.45) is 0. The molecule has 252 valence electrons. The van der Waals surface area contributed by atoms with Gasteiger partial charge in [0.2, 0.25) is 0 Å². The van der Waals surface area contributed by atoms with Crippen LogP contribution in [-0.2, 0) is 0 Å². The molecule has 0 saturated heterocycles. The minimum atomic E-state index is -0.416. The number of hydrogen-bond acceptors (Lipinski definition) is 7. The molecule has 6 aromatic rings. The first kappa shape index (κ1) is 33.5. The van der Waals surface area contributed by atoms with Gasteiger partial charge in [0.05, 0.1) is 11.4 Å². The highest BCUT2D eigenvalue weighted by molar-refractivity contribution is 6.09. The van der Waals surface area contributed by atoms with Crippen molar-refractivity contribution in [3.8, 4) is 11.5 Å². The van der Waals surface area contributed by atoms with E-state index in [4.69, 9.17) is 16.2 Å². The molecular formula is C40H32N6O5. The maximum atomic E-state index is 13.2. The predicted molar refractivity (Wildman–Crippen MR) is 199 cm³/mol. The summed E-state index contributed by atoms with van der Waals surface area (Å²) >= 11 is 0. The number of rotatable bonds is 10. The summed E-state index contributed by atoms with van der Waals surface area (Å²) in [5, 5.41) is 11.3. The lowest BCUT2D eigenvalue weighted by molar-refractivity contribution is 0.101. The zero-order valence-corrected chi connectivity index (χ0v) is 27.1. The molecule has 0 saturated carbocycles. The summed E-state index contributed by atoms with van der Waals surface area (Å²) in [7, 11) is 0. The van der Waals surface area contributed by atoms with Gasteiger partial charge in [-0.1, -0.05) is 36.4 Å². The molecule has 0 fully saturated rings.